The Morgan fingerprint density at radius 3 is 2.55 bits per heavy atom. The minimum Gasteiger partial charge on any atom is -0.352 e. The molecule has 0 aliphatic carbocycles. The molecule has 2 unspecified atom stereocenters. The Balaban J connectivity index is 0.00000361. The van der Waals surface area contributed by atoms with Gasteiger partial charge >= 0.3 is 0 Å². The van der Waals surface area contributed by atoms with Crippen LogP contribution in [-0.2, 0) is 10.3 Å². The van der Waals surface area contributed by atoms with Crippen LogP contribution in [0.5, 0.6) is 0 Å². The molecule has 5 heteroatoms. The topological polar surface area (TPSA) is 55.1 Å². The Kier molecular flexibility index (Phi) is 8.94. The highest BCUT2D eigenvalue weighted by Gasteiger charge is 2.30. The molecule has 0 aromatic heterocycles. The van der Waals surface area contributed by atoms with E-state index in [0.29, 0.717) is 0 Å². The number of carbonyl (C=O) groups excluding carboxylic acids is 1. The third-order valence-electron chi connectivity index (χ3n) is 3.12. The molecule has 1 aromatic rings. The van der Waals surface area contributed by atoms with Crippen molar-refractivity contribution in [2.24, 2.45) is 5.73 Å². The van der Waals surface area contributed by atoms with Crippen LogP contribution in [0.2, 0.25) is 0 Å². The van der Waals surface area contributed by atoms with Crippen molar-refractivity contribution >= 4 is 30.1 Å². The molecule has 0 aliphatic rings. The van der Waals surface area contributed by atoms with Crippen molar-refractivity contribution in [2.45, 2.75) is 38.8 Å². The lowest BCUT2D eigenvalue weighted by Crippen LogP contribution is -2.51. The van der Waals surface area contributed by atoms with Gasteiger partial charge in [-0.2, -0.15) is 11.8 Å². The largest absolute Gasteiger partial charge is 0.352 e. The van der Waals surface area contributed by atoms with Gasteiger partial charge in [0, 0.05) is 6.04 Å². The second-order valence-corrected chi connectivity index (χ2v) is 6.32. The monoisotopic (exact) mass is 316 g/mol. The zero-order valence-corrected chi connectivity index (χ0v) is 14.0. The molecule has 20 heavy (non-hydrogen) atoms. The quantitative estimate of drug-likeness (QED) is 0.760. The van der Waals surface area contributed by atoms with Gasteiger partial charge in [-0.05, 0) is 37.3 Å². The molecule has 0 aliphatic heterocycles. The Bertz CT molecular complexity index is 398. The summed E-state index contributed by atoms with van der Waals surface area (Å²) in [5.41, 5.74) is 6.02. The van der Waals surface area contributed by atoms with Gasteiger partial charge < -0.3 is 11.1 Å². The van der Waals surface area contributed by atoms with E-state index in [-0.39, 0.29) is 24.4 Å². The lowest BCUT2D eigenvalue weighted by molar-refractivity contribution is -0.126. The number of nitrogens with two attached hydrogens (primary N) is 1. The molecule has 2 atom stereocenters. The predicted molar refractivity (Wildman–Crippen MR) is 90.5 cm³/mol. The summed E-state index contributed by atoms with van der Waals surface area (Å²) in [6.07, 6.45) is 0.967. The Morgan fingerprint density at radius 2 is 2.00 bits per heavy atom. The SMILES string of the molecule is CCSCCC(C)NC(=O)C(C)(N)c1ccccc1.Cl. The number of halogens is 1. The van der Waals surface area contributed by atoms with E-state index in [1.807, 2.05) is 49.0 Å². The number of benzene rings is 1. The molecule has 0 bridgehead atoms. The number of amides is 1. The van der Waals surface area contributed by atoms with E-state index in [0.717, 1.165) is 23.5 Å². The van der Waals surface area contributed by atoms with Crippen molar-refractivity contribution in [1.29, 1.82) is 0 Å². The maximum absolute atomic E-state index is 12.3. The highest BCUT2D eigenvalue weighted by molar-refractivity contribution is 7.99. The van der Waals surface area contributed by atoms with Crippen LogP contribution >= 0.6 is 24.2 Å². The van der Waals surface area contributed by atoms with Crippen LogP contribution in [-0.4, -0.2) is 23.5 Å². The molecule has 1 aromatic carbocycles. The molecule has 0 saturated carbocycles. The average Bonchev–Trinajstić information content (AvgIpc) is 2.40. The molecular formula is C15H25ClN2OS. The second kappa shape index (κ2) is 9.27. The highest BCUT2D eigenvalue weighted by Crippen LogP contribution is 2.17. The van der Waals surface area contributed by atoms with Gasteiger partial charge in [-0.25, -0.2) is 0 Å². The van der Waals surface area contributed by atoms with E-state index in [1.165, 1.54) is 0 Å². The van der Waals surface area contributed by atoms with Crippen molar-refractivity contribution < 1.29 is 4.79 Å². The van der Waals surface area contributed by atoms with Gasteiger partial charge in [-0.3, -0.25) is 4.79 Å². The second-order valence-electron chi connectivity index (χ2n) is 4.93. The first-order valence-electron chi connectivity index (χ1n) is 6.71. The van der Waals surface area contributed by atoms with Crippen molar-refractivity contribution in [2.75, 3.05) is 11.5 Å². The van der Waals surface area contributed by atoms with E-state index < -0.39 is 5.54 Å². The highest BCUT2D eigenvalue weighted by atomic mass is 35.5. The first kappa shape index (κ1) is 19.3. The van der Waals surface area contributed by atoms with E-state index >= 15 is 0 Å². The van der Waals surface area contributed by atoms with E-state index in [2.05, 4.69) is 12.2 Å². The molecule has 0 spiro atoms. The summed E-state index contributed by atoms with van der Waals surface area (Å²) >= 11 is 1.88. The maximum Gasteiger partial charge on any atom is 0.244 e. The fraction of sp³-hybridized carbons (Fsp3) is 0.533. The first-order chi connectivity index (χ1) is 8.98. The fourth-order valence-electron chi connectivity index (χ4n) is 1.77. The Morgan fingerprint density at radius 1 is 1.40 bits per heavy atom. The number of hydrogen-bond donors (Lipinski definition) is 2. The standard InChI is InChI=1S/C15H24N2OS.ClH/c1-4-19-11-10-12(2)17-14(18)15(3,16)13-8-6-5-7-9-13;/h5-9,12H,4,10-11,16H2,1-3H3,(H,17,18);1H. The molecule has 114 valence electrons. The fourth-order valence-corrected chi connectivity index (χ4v) is 2.57. The lowest BCUT2D eigenvalue weighted by Gasteiger charge is -2.26. The smallest absolute Gasteiger partial charge is 0.244 e. The minimum absolute atomic E-state index is 0. The number of hydrogen-bond acceptors (Lipinski definition) is 3. The van der Waals surface area contributed by atoms with Gasteiger partial charge in [0.15, 0.2) is 0 Å². The van der Waals surface area contributed by atoms with E-state index in [9.17, 15) is 4.79 Å². The van der Waals surface area contributed by atoms with Gasteiger partial charge in [0.2, 0.25) is 5.91 Å². The van der Waals surface area contributed by atoms with Crippen molar-refractivity contribution in [3.05, 3.63) is 35.9 Å². The molecular weight excluding hydrogens is 292 g/mol. The summed E-state index contributed by atoms with van der Waals surface area (Å²) in [4.78, 5) is 12.3. The van der Waals surface area contributed by atoms with Crippen LogP contribution in [0.15, 0.2) is 30.3 Å². The van der Waals surface area contributed by atoms with Crippen molar-refractivity contribution in [3.63, 3.8) is 0 Å². The van der Waals surface area contributed by atoms with Crippen LogP contribution < -0.4 is 11.1 Å². The third kappa shape index (κ3) is 5.73. The van der Waals surface area contributed by atoms with Gasteiger partial charge in [0.25, 0.3) is 0 Å². The average molecular weight is 317 g/mol. The molecule has 0 radical (unpaired) electrons. The molecule has 3 N–H and O–H groups in total. The van der Waals surface area contributed by atoms with Crippen LogP contribution in [0, 0.1) is 0 Å². The summed E-state index contributed by atoms with van der Waals surface area (Å²) < 4.78 is 0. The van der Waals surface area contributed by atoms with E-state index in [4.69, 9.17) is 5.73 Å². The summed E-state index contributed by atoms with van der Waals surface area (Å²) in [5, 5.41) is 3.00. The molecule has 0 saturated heterocycles. The van der Waals surface area contributed by atoms with Crippen LogP contribution in [0.25, 0.3) is 0 Å². The van der Waals surface area contributed by atoms with Crippen LogP contribution in [0.4, 0.5) is 0 Å². The van der Waals surface area contributed by atoms with Crippen molar-refractivity contribution in [1.82, 2.24) is 5.32 Å². The number of carbonyl (C=O) groups is 1. The zero-order valence-electron chi connectivity index (χ0n) is 12.4. The third-order valence-corrected chi connectivity index (χ3v) is 4.05. The van der Waals surface area contributed by atoms with E-state index in [1.54, 1.807) is 6.92 Å². The predicted octanol–water partition coefficient (Wildman–Crippen LogP) is 2.93. The van der Waals surface area contributed by atoms with Crippen molar-refractivity contribution in [3.8, 4) is 0 Å². The molecule has 1 amide bonds. The van der Waals surface area contributed by atoms with Gasteiger partial charge in [0.05, 0.1) is 0 Å². The maximum atomic E-state index is 12.3. The van der Waals surface area contributed by atoms with Gasteiger partial charge in [-0.15, -0.1) is 12.4 Å². The number of nitrogens with one attached hydrogen (secondary N) is 1. The molecule has 0 heterocycles. The van der Waals surface area contributed by atoms with Crippen LogP contribution in [0.1, 0.15) is 32.8 Å². The Hall–Kier alpha value is -0.710. The minimum atomic E-state index is -0.979. The lowest BCUT2D eigenvalue weighted by atomic mass is 9.92. The Labute approximate surface area is 132 Å². The summed E-state index contributed by atoms with van der Waals surface area (Å²) in [6, 6.07) is 9.64. The first-order valence-corrected chi connectivity index (χ1v) is 7.87. The summed E-state index contributed by atoms with van der Waals surface area (Å²) in [5.74, 6) is 2.05. The summed E-state index contributed by atoms with van der Waals surface area (Å²) in [6.45, 7) is 5.92. The summed E-state index contributed by atoms with van der Waals surface area (Å²) in [7, 11) is 0. The zero-order chi connectivity index (χ0) is 14.3. The molecule has 1 rings (SSSR count). The molecule has 0 fully saturated rings. The number of thioether (sulfide) groups is 1. The van der Waals surface area contributed by atoms with Gasteiger partial charge in [0.1, 0.15) is 5.54 Å². The number of rotatable bonds is 7. The van der Waals surface area contributed by atoms with Gasteiger partial charge in [-0.1, -0.05) is 37.3 Å². The normalized spacial score (nSPS) is 14.8. The van der Waals surface area contributed by atoms with Crippen LogP contribution in [0.3, 0.4) is 0 Å². The molecule has 3 nitrogen and oxygen atoms in total.